The summed E-state index contributed by atoms with van der Waals surface area (Å²) in [6.45, 7) is 3.85. The second-order valence-electron chi connectivity index (χ2n) is 4.70. The quantitative estimate of drug-likeness (QED) is 0.352. The molecule has 0 bridgehead atoms. The number of guanidine groups is 1. The summed E-state index contributed by atoms with van der Waals surface area (Å²) in [7, 11) is 1.79. The molecule has 0 fully saturated rings. The molecule has 0 spiro atoms. The van der Waals surface area contributed by atoms with Crippen LogP contribution in [0.15, 0.2) is 41.5 Å². The Hall–Kier alpha value is -1.37. The predicted octanol–water partition coefficient (Wildman–Crippen LogP) is 3.32. The molecule has 0 unspecified atom stereocenters. The molecule has 0 amide bonds. The zero-order chi connectivity index (χ0) is 14.2. The molecule has 2 rings (SSSR count). The van der Waals surface area contributed by atoms with Crippen LogP contribution in [0.3, 0.4) is 0 Å². The van der Waals surface area contributed by atoms with Crippen molar-refractivity contribution >= 4 is 40.8 Å². The minimum atomic E-state index is 0. The van der Waals surface area contributed by atoms with Crippen LogP contribution < -0.4 is 10.6 Å². The third kappa shape index (κ3) is 5.15. The van der Waals surface area contributed by atoms with Crippen molar-refractivity contribution in [3.63, 3.8) is 0 Å². The van der Waals surface area contributed by atoms with Crippen molar-refractivity contribution in [2.75, 3.05) is 13.6 Å². The maximum atomic E-state index is 4.46. The molecule has 4 nitrogen and oxygen atoms in total. The van der Waals surface area contributed by atoms with Crippen LogP contribution >= 0.6 is 24.0 Å². The van der Waals surface area contributed by atoms with Gasteiger partial charge in [0, 0.05) is 31.7 Å². The summed E-state index contributed by atoms with van der Waals surface area (Å²) in [5.74, 6) is 0.839. The largest absolute Gasteiger partial charge is 0.356 e. The highest BCUT2D eigenvalue weighted by molar-refractivity contribution is 14.0. The van der Waals surface area contributed by atoms with Gasteiger partial charge in [0.25, 0.3) is 0 Å². The Morgan fingerprint density at radius 3 is 2.76 bits per heavy atom. The molecule has 0 saturated heterocycles. The molecule has 1 heterocycles. The Labute approximate surface area is 143 Å². The standard InChI is InChI=1S/C16H22N4.HI/c1-3-4-10-19-16(17-2)20-12-14-8-5-7-13-9-6-11-18-15(13)14;/h5-9,11H,3-4,10,12H2,1-2H3,(H2,17,19,20);1H. The first kappa shape index (κ1) is 17.7. The van der Waals surface area contributed by atoms with Crippen molar-refractivity contribution < 1.29 is 0 Å². The number of pyridine rings is 1. The normalized spacial score (nSPS) is 11.0. The number of para-hydroxylation sites is 1. The Kier molecular flexibility index (Phi) is 8.04. The summed E-state index contributed by atoms with van der Waals surface area (Å²) in [6, 6.07) is 10.3. The highest BCUT2D eigenvalue weighted by Gasteiger charge is 2.02. The lowest BCUT2D eigenvalue weighted by Gasteiger charge is -2.12. The van der Waals surface area contributed by atoms with E-state index in [0.717, 1.165) is 31.0 Å². The second-order valence-corrected chi connectivity index (χ2v) is 4.70. The first-order valence-corrected chi connectivity index (χ1v) is 7.12. The van der Waals surface area contributed by atoms with E-state index in [1.165, 1.54) is 17.4 Å². The fraction of sp³-hybridized carbons (Fsp3) is 0.375. The van der Waals surface area contributed by atoms with Crippen LogP contribution in [0.2, 0.25) is 0 Å². The molecule has 1 aromatic heterocycles. The third-order valence-corrected chi connectivity index (χ3v) is 3.21. The molecular formula is C16H23IN4. The number of unbranched alkanes of at least 4 members (excludes halogenated alkanes) is 1. The highest BCUT2D eigenvalue weighted by atomic mass is 127. The van der Waals surface area contributed by atoms with Crippen LogP contribution in [-0.4, -0.2) is 24.5 Å². The van der Waals surface area contributed by atoms with E-state index in [0.29, 0.717) is 0 Å². The molecule has 0 atom stereocenters. The van der Waals surface area contributed by atoms with Gasteiger partial charge in [0.15, 0.2) is 5.96 Å². The lowest BCUT2D eigenvalue weighted by Crippen LogP contribution is -2.37. The average Bonchev–Trinajstić information content (AvgIpc) is 2.50. The highest BCUT2D eigenvalue weighted by Crippen LogP contribution is 2.15. The summed E-state index contributed by atoms with van der Waals surface area (Å²) in [5.41, 5.74) is 2.23. The molecule has 114 valence electrons. The monoisotopic (exact) mass is 398 g/mol. The summed E-state index contributed by atoms with van der Waals surface area (Å²) in [5, 5.41) is 7.81. The molecular weight excluding hydrogens is 375 g/mol. The number of hydrogen-bond donors (Lipinski definition) is 2. The topological polar surface area (TPSA) is 49.3 Å². The van der Waals surface area contributed by atoms with E-state index in [2.05, 4.69) is 51.8 Å². The number of fused-ring (bicyclic) bond motifs is 1. The Morgan fingerprint density at radius 2 is 2.00 bits per heavy atom. The zero-order valence-electron chi connectivity index (χ0n) is 12.6. The first-order valence-electron chi connectivity index (χ1n) is 7.12. The van der Waals surface area contributed by atoms with Gasteiger partial charge in [0.05, 0.1) is 5.52 Å². The smallest absolute Gasteiger partial charge is 0.191 e. The molecule has 0 aliphatic rings. The van der Waals surface area contributed by atoms with Crippen molar-refractivity contribution in [2.24, 2.45) is 4.99 Å². The molecule has 0 radical (unpaired) electrons. The molecule has 2 aromatic rings. The van der Waals surface area contributed by atoms with Crippen molar-refractivity contribution in [3.8, 4) is 0 Å². The van der Waals surface area contributed by atoms with E-state index in [1.807, 2.05) is 12.3 Å². The Morgan fingerprint density at radius 1 is 1.19 bits per heavy atom. The van der Waals surface area contributed by atoms with E-state index in [1.54, 1.807) is 7.05 Å². The second kappa shape index (κ2) is 9.55. The minimum Gasteiger partial charge on any atom is -0.356 e. The lowest BCUT2D eigenvalue weighted by atomic mass is 10.1. The van der Waals surface area contributed by atoms with Gasteiger partial charge >= 0.3 is 0 Å². The van der Waals surface area contributed by atoms with E-state index in [-0.39, 0.29) is 24.0 Å². The van der Waals surface area contributed by atoms with Gasteiger partial charge in [-0.15, -0.1) is 24.0 Å². The molecule has 21 heavy (non-hydrogen) atoms. The van der Waals surface area contributed by atoms with Gasteiger partial charge in [-0.05, 0) is 18.1 Å². The van der Waals surface area contributed by atoms with Crippen LogP contribution in [0.1, 0.15) is 25.3 Å². The zero-order valence-corrected chi connectivity index (χ0v) is 14.9. The number of aliphatic imine (C=N–C) groups is 1. The number of rotatable bonds is 5. The molecule has 5 heteroatoms. The van der Waals surface area contributed by atoms with E-state index < -0.39 is 0 Å². The number of hydrogen-bond acceptors (Lipinski definition) is 2. The van der Waals surface area contributed by atoms with Crippen LogP contribution in [-0.2, 0) is 6.54 Å². The van der Waals surface area contributed by atoms with Crippen LogP contribution in [0.25, 0.3) is 10.9 Å². The average molecular weight is 398 g/mol. The van der Waals surface area contributed by atoms with Gasteiger partial charge in [-0.2, -0.15) is 0 Å². The van der Waals surface area contributed by atoms with Gasteiger partial charge in [-0.1, -0.05) is 37.6 Å². The SMILES string of the molecule is CCCCNC(=NC)NCc1cccc2cccnc12.I. The number of nitrogens with one attached hydrogen (secondary N) is 2. The molecule has 2 N–H and O–H groups in total. The molecule has 0 saturated carbocycles. The maximum absolute atomic E-state index is 4.46. The van der Waals surface area contributed by atoms with Gasteiger partial charge in [0.2, 0.25) is 0 Å². The van der Waals surface area contributed by atoms with E-state index in [9.17, 15) is 0 Å². The fourth-order valence-corrected chi connectivity index (χ4v) is 2.09. The maximum Gasteiger partial charge on any atom is 0.191 e. The third-order valence-electron chi connectivity index (χ3n) is 3.21. The molecule has 0 aliphatic heterocycles. The Balaban J connectivity index is 0.00000220. The fourth-order valence-electron chi connectivity index (χ4n) is 2.09. The van der Waals surface area contributed by atoms with Crippen molar-refractivity contribution in [3.05, 3.63) is 42.1 Å². The Bertz CT molecular complexity index is 578. The molecule has 0 aliphatic carbocycles. The van der Waals surface area contributed by atoms with Crippen LogP contribution in [0, 0.1) is 0 Å². The van der Waals surface area contributed by atoms with Gasteiger partial charge in [-0.3, -0.25) is 9.98 Å². The van der Waals surface area contributed by atoms with Crippen LogP contribution in [0.4, 0.5) is 0 Å². The number of nitrogens with zero attached hydrogens (tertiary/aromatic N) is 2. The van der Waals surface area contributed by atoms with Gasteiger partial charge in [-0.25, -0.2) is 0 Å². The van der Waals surface area contributed by atoms with Crippen molar-refractivity contribution in [1.82, 2.24) is 15.6 Å². The van der Waals surface area contributed by atoms with Gasteiger partial charge in [0.1, 0.15) is 0 Å². The van der Waals surface area contributed by atoms with E-state index >= 15 is 0 Å². The van der Waals surface area contributed by atoms with Gasteiger partial charge < -0.3 is 10.6 Å². The number of halogens is 1. The number of benzene rings is 1. The number of aromatic nitrogens is 1. The van der Waals surface area contributed by atoms with Crippen molar-refractivity contribution in [1.29, 1.82) is 0 Å². The predicted molar refractivity (Wildman–Crippen MR) is 100 cm³/mol. The molecule has 1 aromatic carbocycles. The van der Waals surface area contributed by atoms with Crippen molar-refractivity contribution in [2.45, 2.75) is 26.3 Å². The summed E-state index contributed by atoms with van der Waals surface area (Å²) >= 11 is 0. The summed E-state index contributed by atoms with van der Waals surface area (Å²) in [4.78, 5) is 8.69. The first-order chi connectivity index (χ1) is 9.85. The lowest BCUT2D eigenvalue weighted by molar-refractivity contribution is 0.729. The van der Waals surface area contributed by atoms with Crippen LogP contribution in [0.5, 0.6) is 0 Å². The summed E-state index contributed by atoms with van der Waals surface area (Å²) in [6.07, 6.45) is 4.16. The minimum absolute atomic E-state index is 0. The summed E-state index contributed by atoms with van der Waals surface area (Å²) < 4.78 is 0. The van der Waals surface area contributed by atoms with E-state index in [4.69, 9.17) is 0 Å².